The lowest BCUT2D eigenvalue weighted by atomic mass is 10.6. The van der Waals surface area contributed by atoms with Crippen LogP contribution in [0.1, 0.15) is 0 Å². The molecule has 1 heterocycles. The quantitative estimate of drug-likeness (QED) is 0.503. The predicted molar refractivity (Wildman–Crippen MR) is 35.3 cm³/mol. The van der Waals surface area contributed by atoms with Gasteiger partial charge in [-0.3, -0.25) is 0 Å². The Morgan fingerprint density at radius 2 is 2.27 bits per heavy atom. The molecule has 0 aliphatic carbocycles. The van der Waals surface area contributed by atoms with Gasteiger partial charge in [-0.05, 0) is 6.07 Å². The highest BCUT2D eigenvalue weighted by molar-refractivity contribution is 6.29. The van der Waals surface area contributed by atoms with E-state index in [1.54, 1.807) is 0 Å². The molecule has 60 valence electrons. The molecule has 0 amide bonds. The smallest absolute Gasteiger partial charge is 0.449 e. The van der Waals surface area contributed by atoms with Crippen molar-refractivity contribution < 1.29 is 19.8 Å². The van der Waals surface area contributed by atoms with Crippen LogP contribution < -0.4 is 4.74 Å². The maximum Gasteiger partial charge on any atom is 0.512 e. The van der Waals surface area contributed by atoms with Crippen molar-refractivity contribution in [3.8, 4) is 5.88 Å². The first kappa shape index (κ1) is 7.74. The van der Waals surface area contributed by atoms with E-state index in [4.69, 9.17) is 21.9 Å². The number of halogens is 1. The Balaban J connectivity index is 2.87. The summed E-state index contributed by atoms with van der Waals surface area (Å²) in [6.07, 6.45) is -1.50. The third-order valence-corrected chi connectivity index (χ3v) is 1.25. The number of hydrogen-bond acceptors (Lipinski definition) is 3. The lowest BCUT2D eigenvalue weighted by Crippen LogP contribution is -2.06. The number of ether oxygens (including phenoxy) is 1. The Hall–Kier alpha value is -1.36. The van der Waals surface area contributed by atoms with Gasteiger partial charge >= 0.3 is 6.16 Å². The second kappa shape index (κ2) is 2.71. The van der Waals surface area contributed by atoms with Gasteiger partial charge in [-0.15, -0.1) is 4.73 Å². The van der Waals surface area contributed by atoms with Crippen LogP contribution in [0.3, 0.4) is 0 Å². The van der Waals surface area contributed by atoms with E-state index in [2.05, 4.69) is 4.74 Å². The highest BCUT2D eigenvalue weighted by Crippen LogP contribution is 2.18. The highest BCUT2D eigenvalue weighted by atomic mass is 35.5. The average Bonchev–Trinajstić information content (AvgIpc) is 2.18. The Labute approximate surface area is 66.3 Å². The maximum atomic E-state index is 9.94. The molecule has 0 aliphatic rings. The van der Waals surface area contributed by atoms with E-state index in [0.29, 0.717) is 4.73 Å². The standard InChI is InChI=1S/C5H4ClNO4/c6-3-1-2-4(7(3)10)11-5(8)9/h1-2,10H,(H,8,9). The van der Waals surface area contributed by atoms with E-state index in [1.165, 1.54) is 12.1 Å². The molecule has 0 spiro atoms. The molecule has 0 atom stereocenters. The van der Waals surface area contributed by atoms with Gasteiger partial charge in [0.05, 0.1) is 0 Å². The minimum absolute atomic E-state index is 0.0127. The molecule has 0 fully saturated rings. The summed E-state index contributed by atoms with van der Waals surface area (Å²) in [7, 11) is 0. The first-order valence-electron chi connectivity index (χ1n) is 2.58. The van der Waals surface area contributed by atoms with E-state index < -0.39 is 6.16 Å². The van der Waals surface area contributed by atoms with Crippen LogP contribution in [0.15, 0.2) is 12.1 Å². The van der Waals surface area contributed by atoms with E-state index in [-0.39, 0.29) is 11.0 Å². The summed E-state index contributed by atoms with van der Waals surface area (Å²) in [5.74, 6) is -0.234. The molecule has 1 aromatic heterocycles. The molecule has 0 aliphatic heterocycles. The largest absolute Gasteiger partial charge is 0.512 e. The SMILES string of the molecule is O=C(O)Oc1ccc(Cl)n1O. The van der Waals surface area contributed by atoms with Crippen molar-refractivity contribution in [2.45, 2.75) is 0 Å². The van der Waals surface area contributed by atoms with E-state index in [9.17, 15) is 4.79 Å². The van der Waals surface area contributed by atoms with Crippen molar-refractivity contribution in [1.29, 1.82) is 0 Å². The number of rotatable bonds is 1. The molecule has 11 heavy (non-hydrogen) atoms. The van der Waals surface area contributed by atoms with Gasteiger partial charge in [-0.25, -0.2) is 4.79 Å². The van der Waals surface area contributed by atoms with Gasteiger partial charge in [0.15, 0.2) is 0 Å². The van der Waals surface area contributed by atoms with E-state index >= 15 is 0 Å². The first-order chi connectivity index (χ1) is 5.11. The number of carbonyl (C=O) groups is 1. The summed E-state index contributed by atoms with van der Waals surface area (Å²) in [6.45, 7) is 0. The highest BCUT2D eigenvalue weighted by Gasteiger charge is 2.08. The van der Waals surface area contributed by atoms with Crippen LogP contribution in [-0.2, 0) is 0 Å². The van der Waals surface area contributed by atoms with Gasteiger partial charge in [0, 0.05) is 6.07 Å². The van der Waals surface area contributed by atoms with Crippen LogP contribution in [0.4, 0.5) is 4.79 Å². The molecular formula is C5H4ClNO4. The Morgan fingerprint density at radius 1 is 1.64 bits per heavy atom. The van der Waals surface area contributed by atoms with Gasteiger partial charge in [-0.2, -0.15) is 0 Å². The lowest BCUT2D eigenvalue weighted by molar-refractivity contribution is 0.114. The second-order valence-corrected chi connectivity index (χ2v) is 2.06. The van der Waals surface area contributed by atoms with Crippen molar-refractivity contribution in [3.63, 3.8) is 0 Å². The molecule has 1 aromatic rings. The van der Waals surface area contributed by atoms with Crippen LogP contribution in [0.2, 0.25) is 5.15 Å². The topological polar surface area (TPSA) is 71.7 Å². The van der Waals surface area contributed by atoms with Crippen molar-refractivity contribution in [2.75, 3.05) is 0 Å². The van der Waals surface area contributed by atoms with Crippen molar-refractivity contribution in [2.24, 2.45) is 0 Å². The summed E-state index contributed by atoms with van der Waals surface area (Å²) in [4.78, 5) is 9.94. The van der Waals surface area contributed by atoms with Crippen LogP contribution >= 0.6 is 11.6 Å². The molecule has 1 rings (SSSR count). The molecule has 0 saturated carbocycles. The minimum Gasteiger partial charge on any atom is -0.449 e. The van der Waals surface area contributed by atoms with Crippen LogP contribution in [0.25, 0.3) is 0 Å². The van der Waals surface area contributed by atoms with Gasteiger partial charge in [0.25, 0.3) is 0 Å². The number of nitrogens with zero attached hydrogens (tertiary/aromatic N) is 1. The van der Waals surface area contributed by atoms with Crippen LogP contribution in [0.5, 0.6) is 5.88 Å². The van der Waals surface area contributed by atoms with E-state index in [0.717, 1.165) is 0 Å². The molecule has 0 saturated heterocycles. The zero-order valence-corrected chi connectivity index (χ0v) is 5.95. The fourth-order valence-electron chi connectivity index (χ4n) is 0.553. The molecule has 5 nitrogen and oxygen atoms in total. The average molecular weight is 178 g/mol. The molecule has 0 unspecified atom stereocenters. The lowest BCUT2D eigenvalue weighted by Gasteiger charge is -1.98. The predicted octanol–water partition coefficient (Wildman–Crippen LogP) is 1.44. The number of hydrogen-bond donors (Lipinski definition) is 2. The Morgan fingerprint density at radius 3 is 2.64 bits per heavy atom. The van der Waals surface area contributed by atoms with Gasteiger partial charge in [-0.1, -0.05) is 11.6 Å². The summed E-state index contributed by atoms with van der Waals surface area (Å²) in [6, 6.07) is 2.54. The van der Waals surface area contributed by atoms with Gasteiger partial charge < -0.3 is 15.1 Å². The Bertz CT molecular complexity index is 282. The molecule has 0 radical (unpaired) electrons. The summed E-state index contributed by atoms with van der Waals surface area (Å²) in [5.41, 5.74) is 0. The molecule has 0 bridgehead atoms. The first-order valence-corrected chi connectivity index (χ1v) is 2.96. The molecular weight excluding hydrogens is 174 g/mol. The van der Waals surface area contributed by atoms with Crippen molar-refractivity contribution >= 4 is 17.8 Å². The normalized spacial score (nSPS) is 9.55. The fraction of sp³-hybridized carbons (Fsp3) is 0. The van der Waals surface area contributed by atoms with Crippen molar-refractivity contribution in [3.05, 3.63) is 17.3 Å². The second-order valence-electron chi connectivity index (χ2n) is 1.67. The monoisotopic (exact) mass is 177 g/mol. The summed E-state index contributed by atoms with van der Waals surface area (Å²) < 4.78 is 4.54. The zero-order chi connectivity index (χ0) is 8.43. The Kier molecular flexibility index (Phi) is 1.91. The third kappa shape index (κ3) is 1.56. The maximum absolute atomic E-state index is 9.94. The third-order valence-electron chi connectivity index (χ3n) is 0.966. The van der Waals surface area contributed by atoms with Crippen molar-refractivity contribution in [1.82, 2.24) is 4.73 Å². The van der Waals surface area contributed by atoms with E-state index in [1.807, 2.05) is 0 Å². The summed E-state index contributed by atoms with van der Waals surface area (Å²) >= 11 is 5.35. The van der Waals surface area contributed by atoms with Gasteiger partial charge in [0.2, 0.25) is 5.88 Å². The minimum atomic E-state index is -1.50. The van der Waals surface area contributed by atoms with Crippen LogP contribution in [-0.4, -0.2) is 21.2 Å². The number of carboxylic acid groups (broad SMARTS) is 1. The van der Waals surface area contributed by atoms with Crippen LogP contribution in [0, 0.1) is 0 Å². The van der Waals surface area contributed by atoms with Gasteiger partial charge in [0.1, 0.15) is 5.15 Å². The molecule has 0 aromatic carbocycles. The molecule has 6 heteroatoms. The number of aromatic nitrogens is 1. The fourth-order valence-corrected chi connectivity index (χ4v) is 0.700. The zero-order valence-electron chi connectivity index (χ0n) is 5.19. The molecule has 2 N–H and O–H groups in total. The summed E-state index contributed by atoms with van der Waals surface area (Å²) in [5, 5.41) is 17.0.